The molecule has 0 aliphatic heterocycles. The fraction of sp³-hybridized carbons (Fsp3) is 0.235. The van der Waals surface area contributed by atoms with Gasteiger partial charge in [-0.25, -0.2) is 0 Å². The minimum Gasteiger partial charge on any atom is -0.300 e. The molecule has 4 rings (SSSR count). The zero-order valence-corrected chi connectivity index (χ0v) is 22.4. The van der Waals surface area contributed by atoms with E-state index in [1.165, 1.54) is 0 Å². The summed E-state index contributed by atoms with van der Waals surface area (Å²) in [5.41, 5.74) is 4.61. The Bertz CT molecular complexity index is 1170. The molecule has 0 aromatic heterocycles. The normalized spacial score (nSPS) is 13.0. The van der Waals surface area contributed by atoms with Crippen LogP contribution in [-0.2, 0) is 20.8 Å². The monoisotopic (exact) mass is 506 g/mol. The number of rotatable bonds is 12. The van der Waals surface area contributed by atoms with Gasteiger partial charge in [0.25, 0.3) is 0 Å². The van der Waals surface area contributed by atoms with Crippen LogP contribution in [0.5, 0.6) is 0 Å². The summed E-state index contributed by atoms with van der Waals surface area (Å²) in [5.74, 6) is 0.297. The maximum Gasteiger partial charge on any atom is 0.136 e. The van der Waals surface area contributed by atoms with Gasteiger partial charge in [0.05, 0.1) is 4.75 Å². The molecule has 0 aliphatic carbocycles. The molecular formula is C34H34O2S. The lowest BCUT2D eigenvalue weighted by Crippen LogP contribution is -2.29. The van der Waals surface area contributed by atoms with Gasteiger partial charge < -0.3 is 0 Å². The average Bonchev–Trinajstić information content (AvgIpc) is 2.94. The van der Waals surface area contributed by atoms with Gasteiger partial charge in [0.2, 0.25) is 0 Å². The van der Waals surface area contributed by atoms with E-state index < -0.39 is 4.75 Å². The lowest BCUT2D eigenvalue weighted by Gasteiger charge is -2.36. The van der Waals surface area contributed by atoms with Gasteiger partial charge in [-0.2, -0.15) is 0 Å². The van der Waals surface area contributed by atoms with Crippen LogP contribution >= 0.6 is 11.8 Å². The first kappa shape index (κ1) is 26.6. The van der Waals surface area contributed by atoms with Gasteiger partial charge in [-0.05, 0) is 35.6 Å². The molecule has 0 spiro atoms. The summed E-state index contributed by atoms with van der Waals surface area (Å²) in [6.07, 6.45) is 0.963. The highest BCUT2D eigenvalue weighted by atomic mass is 32.2. The van der Waals surface area contributed by atoms with Crippen molar-refractivity contribution in [1.82, 2.24) is 0 Å². The standard InChI is InChI=1S/C34H34O2S/c1-26(23-28-15-7-3-8-16-28)33(36)24-29(27(2)35)25-37-34(30-17-9-4-10-18-30,31-19-11-5-12-20-31)32-21-13-6-14-22-32/h3-22,26,29H,23-25H2,1-2H3/t26-,29-/m0/s1. The molecule has 188 valence electrons. The Balaban J connectivity index is 1.63. The molecular weight excluding hydrogens is 472 g/mol. The third kappa shape index (κ3) is 6.47. The highest BCUT2D eigenvalue weighted by molar-refractivity contribution is 8.00. The van der Waals surface area contributed by atoms with Gasteiger partial charge in [-0.15, -0.1) is 11.8 Å². The summed E-state index contributed by atoms with van der Waals surface area (Å²) < 4.78 is -0.504. The Hall–Kier alpha value is -3.43. The minimum atomic E-state index is -0.504. The molecule has 2 nitrogen and oxygen atoms in total. The molecule has 0 bridgehead atoms. The van der Waals surface area contributed by atoms with Crippen LogP contribution in [0.2, 0.25) is 0 Å². The van der Waals surface area contributed by atoms with Crippen molar-refractivity contribution in [2.24, 2.45) is 11.8 Å². The van der Waals surface area contributed by atoms with Crippen LogP contribution in [0.3, 0.4) is 0 Å². The maximum atomic E-state index is 13.2. The van der Waals surface area contributed by atoms with Gasteiger partial charge >= 0.3 is 0 Å². The van der Waals surface area contributed by atoms with Crippen LogP contribution in [0.25, 0.3) is 0 Å². The van der Waals surface area contributed by atoms with E-state index in [0.717, 1.165) is 22.3 Å². The third-order valence-electron chi connectivity index (χ3n) is 7.00. The number of hydrogen-bond acceptors (Lipinski definition) is 3. The van der Waals surface area contributed by atoms with Gasteiger partial charge in [-0.3, -0.25) is 9.59 Å². The molecule has 2 atom stereocenters. The molecule has 37 heavy (non-hydrogen) atoms. The van der Waals surface area contributed by atoms with Crippen LogP contribution < -0.4 is 0 Å². The van der Waals surface area contributed by atoms with E-state index in [1.807, 2.05) is 43.3 Å². The molecule has 0 heterocycles. The Morgan fingerprint density at radius 2 is 1.08 bits per heavy atom. The van der Waals surface area contributed by atoms with Crippen LogP contribution in [0, 0.1) is 11.8 Å². The Kier molecular flexibility index (Phi) is 9.14. The largest absolute Gasteiger partial charge is 0.300 e. The molecule has 0 radical (unpaired) electrons. The Morgan fingerprint density at radius 1 is 0.676 bits per heavy atom. The molecule has 0 N–H and O–H groups in total. The first-order chi connectivity index (χ1) is 18.0. The number of ketones is 2. The predicted molar refractivity (Wildman–Crippen MR) is 155 cm³/mol. The van der Waals surface area contributed by atoms with Crippen molar-refractivity contribution < 1.29 is 9.59 Å². The molecule has 0 fully saturated rings. The topological polar surface area (TPSA) is 34.1 Å². The first-order valence-electron chi connectivity index (χ1n) is 12.9. The van der Waals surface area contributed by atoms with E-state index in [4.69, 9.17) is 0 Å². The van der Waals surface area contributed by atoms with Crippen molar-refractivity contribution in [2.75, 3.05) is 5.75 Å². The third-order valence-corrected chi connectivity index (χ3v) is 8.71. The van der Waals surface area contributed by atoms with E-state index in [1.54, 1.807) is 18.7 Å². The highest BCUT2D eigenvalue weighted by Crippen LogP contribution is 2.49. The lowest BCUT2D eigenvalue weighted by atomic mass is 9.84. The second-order valence-corrected chi connectivity index (χ2v) is 10.9. The van der Waals surface area contributed by atoms with E-state index >= 15 is 0 Å². The molecule has 0 unspecified atom stereocenters. The van der Waals surface area contributed by atoms with Gasteiger partial charge in [0, 0.05) is 24.0 Å². The van der Waals surface area contributed by atoms with Crippen molar-refractivity contribution in [3.8, 4) is 0 Å². The van der Waals surface area contributed by atoms with E-state index in [0.29, 0.717) is 12.2 Å². The zero-order valence-electron chi connectivity index (χ0n) is 21.5. The van der Waals surface area contributed by atoms with E-state index in [9.17, 15) is 9.59 Å². The predicted octanol–water partition coefficient (Wildman–Crippen LogP) is 7.75. The van der Waals surface area contributed by atoms with E-state index in [-0.39, 0.29) is 29.8 Å². The van der Waals surface area contributed by atoms with Gasteiger partial charge in [0.1, 0.15) is 11.6 Å². The second kappa shape index (κ2) is 12.7. The summed E-state index contributed by atoms with van der Waals surface area (Å²) in [4.78, 5) is 26.1. The molecule has 3 heteroatoms. The molecule has 0 aliphatic rings. The summed E-state index contributed by atoms with van der Waals surface area (Å²) in [6, 6.07) is 41.5. The molecule has 0 saturated heterocycles. The summed E-state index contributed by atoms with van der Waals surface area (Å²) in [5, 5.41) is 0. The number of Topliss-reactive ketones (excluding diaryl/α,β-unsaturated/α-hetero) is 2. The minimum absolute atomic E-state index is 0.0656. The van der Waals surface area contributed by atoms with Crippen molar-refractivity contribution in [1.29, 1.82) is 0 Å². The lowest BCUT2D eigenvalue weighted by molar-refractivity contribution is -0.128. The van der Waals surface area contributed by atoms with Crippen molar-refractivity contribution in [3.05, 3.63) is 144 Å². The zero-order chi connectivity index (χ0) is 26.1. The second-order valence-electron chi connectivity index (χ2n) is 9.66. The number of carbonyl (C=O) groups excluding carboxylic acids is 2. The average molecular weight is 507 g/mol. The van der Waals surface area contributed by atoms with Crippen LogP contribution in [-0.4, -0.2) is 17.3 Å². The highest BCUT2D eigenvalue weighted by Gasteiger charge is 2.38. The maximum absolute atomic E-state index is 13.2. The number of benzene rings is 4. The summed E-state index contributed by atoms with van der Waals surface area (Å²) in [7, 11) is 0. The quantitative estimate of drug-likeness (QED) is 0.184. The SMILES string of the molecule is CC(=O)[C@H](CSC(c1ccccc1)(c1ccccc1)c1ccccc1)CC(=O)[C@@H](C)Cc1ccccc1. The van der Waals surface area contributed by atoms with Crippen molar-refractivity contribution in [3.63, 3.8) is 0 Å². The Morgan fingerprint density at radius 3 is 1.49 bits per heavy atom. The molecule has 0 amide bonds. The fourth-order valence-electron chi connectivity index (χ4n) is 4.84. The van der Waals surface area contributed by atoms with Crippen molar-refractivity contribution in [2.45, 2.75) is 31.4 Å². The first-order valence-corrected chi connectivity index (χ1v) is 13.9. The fourth-order valence-corrected chi connectivity index (χ4v) is 6.55. The smallest absolute Gasteiger partial charge is 0.136 e. The van der Waals surface area contributed by atoms with Crippen molar-refractivity contribution >= 4 is 23.3 Å². The van der Waals surface area contributed by atoms with Crippen LogP contribution in [0.1, 0.15) is 42.5 Å². The number of hydrogen-bond donors (Lipinski definition) is 0. The van der Waals surface area contributed by atoms with E-state index in [2.05, 4.69) is 84.9 Å². The number of carbonyl (C=O) groups is 2. The molecule has 4 aromatic carbocycles. The molecule has 4 aromatic rings. The summed E-state index contributed by atoms with van der Waals surface area (Å²) in [6.45, 7) is 3.59. The molecule has 0 saturated carbocycles. The van der Waals surface area contributed by atoms with Crippen LogP contribution in [0.4, 0.5) is 0 Å². The Labute approximate surface area is 225 Å². The van der Waals surface area contributed by atoms with Crippen LogP contribution in [0.15, 0.2) is 121 Å². The van der Waals surface area contributed by atoms with Gasteiger partial charge in [-0.1, -0.05) is 128 Å². The van der Waals surface area contributed by atoms with Gasteiger partial charge in [0.15, 0.2) is 0 Å². The number of thioether (sulfide) groups is 1. The summed E-state index contributed by atoms with van der Waals surface area (Å²) >= 11 is 1.75.